The predicted molar refractivity (Wildman–Crippen MR) is 116 cm³/mol. The predicted octanol–water partition coefficient (Wildman–Crippen LogP) is 3.04. The summed E-state index contributed by atoms with van der Waals surface area (Å²) in [6, 6.07) is 6.89. The highest BCUT2D eigenvalue weighted by Gasteiger charge is 2.32. The number of amides is 3. The second kappa shape index (κ2) is 9.96. The summed E-state index contributed by atoms with van der Waals surface area (Å²) in [5.74, 6) is -0.431. The second-order valence-electron chi connectivity index (χ2n) is 9.03. The molecule has 0 radical (unpaired) electrons. The lowest BCUT2D eigenvalue weighted by molar-refractivity contribution is -0.135. The molecule has 1 N–H and O–H groups in total. The van der Waals surface area contributed by atoms with E-state index in [-0.39, 0.29) is 29.2 Å². The van der Waals surface area contributed by atoms with Crippen LogP contribution in [0.4, 0.5) is 4.79 Å². The smallest absolute Gasteiger partial charge is 0.409 e. The van der Waals surface area contributed by atoms with Crippen LogP contribution in [0.3, 0.4) is 0 Å². The van der Waals surface area contributed by atoms with E-state index in [4.69, 9.17) is 4.74 Å². The fraction of sp³-hybridized carbons (Fsp3) is 0.609. The summed E-state index contributed by atoms with van der Waals surface area (Å²) in [6.07, 6.45) is -0.350. The molecule has 0 aromatic heterocycles. The van der Waals surface area contributed by atoms with Gasteiger partial charge in [-0.3, -0.25) is 9.59 Å². The number of hydrogen-bond acceptors (Lipinski definition) is 4. The van der Waals surface area contributed by atoms with Gasteiger partial charge >= 0.3 is 6.09 Å². The highest BCUT2D eigenvalue weighted by atomic mass is 16.6. The maximum Gasteiger partial charge on any atom is 0.409 e. The molecule has 1 aliphatic rings. The number of hydrogen-bond donors (Lipinski definition) is 1. The molecule has 1 fully saturated rings. The second-order valence-corrected chi connectivity index (χ2v) is 9.03. The topological polar surface area (TPSA) is 79.0 Å². The summed E-state index contributed by atoms with van der Waals surface area (Å²) < 4.78 is 5.02. The van der Waals surface area contributed by atoms with E-state index < -0.39 is 6.04 Å². The van der Waals surface area contributed by atoms with Gasteiger partial charge in [-0.05, 0) is 36.0 Å². The van der Waals surface area contributed by atoms with E-state index in [0.29, 0.717) is 38.3 Å². The molecule has 1 aliphatic heterocycles. The number of piperazine rings is 1. The van der Waals surface area contributed by atoms with E-state index in [1.165, 1.54) is 0 Å². The fourth-order valence-corrected chi connectivity index (χ4v) is 3.38. The Bertz CT molecular complexity index is 745. The molecule has 0 unspecified atom stereocenters. The summed E-state index contributed by atoms with van der Waals surface area (Å²) >= 11 is 0. The molecule has 1 saturated heterocycles. The van der Waals surface area contributed by atoms with Crippen molar-refractivity contribution >= 4 is 17.9 Å². The molecule has 0 spiro atoms. The van der Waals surface area contributed by atoms with Gasteiger partial charge in [0.05, 0.1) is 6.61 Å². The Labute approximate surface area is 179 Å². The van der Waals surface area contributed by atoms with Crippen molar-refractivity contribution in [2.45, 2.75) is 53.0 Å². The minimum absolute atomic E-state index is 0.0110. The van der Waals surface area contributed by atoms with Crippen LogP contribution in [-0.2, 0) is 14.9 Å². The fourth-order valence-electron chi connectivity index (χ4n) is 3.38. The molecule has 7 nitrogen and oxygen atoms in total. The van der Waals surface area contributed by atoms with Gasteiger partial charge in [0.1, 0.15) is 6.04 Å². The summed E-state index contributed by atoms with van der Waals surface area (Å²) in [7, 11) is 0. The van der Waals surface area contributed by atoms with Crippen LogP contribution in [-0.4, -0.2) is 66.5 Å². The van der Waals surface area contributed by atoms with E-state index in [1.54, 1.807) is 28.9 Å². The summed E-state index contributed by atoms with van der Waals surface area (Å²) in [6.45, 7) is 14.0. The zero-order valence-electron chi connectivity index (χ0n) is 19.0. The molecule has 0 saturated carbocycles. The summed E-state index contributed by atoms with van der Waals surface area (Å²) in [5.41, 5.74) is 1.69. The Morgan fingerprint density at radius 3 is 2.00 bits per heavy atom. The molecule has 0 bridgehead atoms. The molecule has 7 heteroatoms. The maximum absolute atomic E-state index is 13.1. The van der Waals surface area contributed by atoms with Crippen molar-refractivity contribution in [2.75, 3.05) is 32.8 Å². The third-order valence-electron chi connectivity index (χ3n) is 5.35. The molecular formula is C23H35N3O4. The molecule has 1 heterocycles. The van der Waals surface area contributed by atoms with Crippen molar-refractivity contribution in [3.8, 4) is 0 Å². The lowest BCUT2D eigenvalue weighted by Gasteiger charge is -2.36. The first kappa shape index (κ1) is 23.7. The number of carbonyl (C=O) groups is 3. The maximum atomic E-state index is 13.1. The molecule has 1 aromatic rings. The lowest BCUT2D eigenvalue weighted by Crippen LogP contribution is -2.57. The monoisotopic (exact) mass is 417 g/mol. The molecule has 0 aliphatic carbocycles. The molecule has 2 rings (SSSR count). The van der Waals surface area contributed by atoms with Crippen molar-refractivity contribution in [1.29, 1.82) is 0 Å². The van der Waals surface area contributed by atoms with E-state index in [9.17, 15) is 14.4 Å². The quantitative estimate of drug-likeness (QED) is 0.799. The number of nitrogens with one attached hydrogen (secondary N) is 1. The average molecular weight is 418 g/mol. The number of carbonyl (C=O) groups excluding carboxylic acids is 3. The van der Waals surface area contributed by atoms with Gasteiger partial charge in [0, 0.05) is 31.7 Å². The van der Waals surface area contributed by atoms with Gasteiger partial charge in [-0.15, -0.1) is 0 Å². The zero-order chi connectivity index (χ0) is 22.5. The van der Waals surface area contributed by atoms with Crippen LogP contribution < -0.4 is 5.32 Å². The van der Waals surface area contributed by atoms with Crippen molar-refractivity contribution in [3.63, 3.8) is 0 Å². The number of nitrogens with zero attached hydrogens (tertiary/aromatic N) is 2. The van der Waals surface area contributed by atoms with Gasteiger partial charge in [-0.2, -0.15) is 0 Å². The first-order valence-electron chi connectivity index (χ1n) is 10.7. The van der Waals surface area contributed by atoms with E-state index in [0.717, 1.165) is 5.56 Å². The minimum Gasteiger partial charge on any atom is -0.450 e. The molecular weight excluding hydrogens is 382 g/mol. The van der Waals surface area contributed by atoms with Crippen LogP contribution >= 0.6 is 0 Å². The van der Waals surface area contributed by atoms with Crippen LogP contribution in [0.5, 0.6) is 0 Å². The van der Waals surface area contributed by atoms with Gasteiger partial charge in [-0.25, -0.2) is 4.79 Å². The third-order valence-corrected chi connectivity index (χ3v) is 5.35. The van der Waals surface area contributed by atoms with Crippen LogP contribution in [0.2, 0.25) is 0 Å². The number of benzene rings is 1. The van der Waals surface area contributed by atoms with Crippen molar-refractivity contribution in [1.82, 2.24) is 15.1 Å². The van der Waals surface area contributed by atoms with Crippen molar-refractivity contribution < 1.29 is 19.1 Å². The van der Waals surface area contributed by atoms with Gasteiger partial charge in [0.25, 0.3) is 5.91 Å². The van der Waals surface area contributed by atoms with Gasteiger partial charge in [0.15, 0.2) is 0 Å². The average Bonchev–Trinajstić information content (AvgIpc) is 2.71. The van der Waals surface area contributed by atoms with E-state index in [2.05, 4.69) is 26.1 Å². The first-order valence-corrected chi connectivity index (χ1v) is 10.7. The van der Waals surface area contributed by atoms with Crippen molar-refractivity contribution in [3.05, 3.63) is 35.4 Å². The zero-order valence-corrected chi connectivity index (χ0v) is 19.0. The normalized spacial score (nSPS) is 15.7. The number of ether oxygens (including phenoxy) is 1. The van der Waals surface area contributed by atoms with Crippen LogP contribution in [0.25, 0.3) is 0 Å². The Balaban J connectivity index is 2.01. The lowest BCUT2D eigenvalue weighted by atomic mass is 9.86. The number of rotatable bonds is 5. The third kappa shape index (κ3) is 5.97. The Morgan fingerprint density at radius 2 is 1.53 bits per heavy atom. The largest absolute Gasteiger partial charge is 0.450 e. The van der Waals surface area contributed by atoms with Crippen LogP contribution in [0, 0.1) is 5.92 Å². The van der Waals surface area contributed by atoms with Crippen LogP contribution in [0.1, 0.15) is 57.5 Å². The Morgan fingerprint density at radius 1 is 1.00 bits per heavy atom. The molecule has 3 amide bonds. The molecule has 1 aromatic carbocycles. The van der Waals surface area contributed by atoms with Crippen LogP contribution in [0.15, 0.2) is 24.3 Å². The first-order chi connectivity index (χ1) is 14.0. The summed E-state index contributed by atoms with van der Waals surface area (Å²) in [4.78, 5) is 41.0. The Hall–Kier alpha value is -2.57. The molecule has 166 valence electrons. The highest BCUT2D eigenvalue weighted by molar-refractivity contribution is 5.97. The standard InChI is InChI=1S/C23H35N3O4/c1-7-30-22(29)26-14-12-25(13-15-26)21(28)19(16(2)3)24-20(27)17-8-10-18(11-9-17)23(4,5)6/h8-11,16,19H,7,12-15H2,1-6H3,(H,24,27)/t19-/m0/s1. The van der Waals surface area contributed by atoms with Crippen molar-refractivity contribution in [2.24, 2.45) is 5.92 Å². The van der Waals surface area contributed by atoms with E-state index in [1.807, 2.05) is 26.0 Å². The molecule has 30 heavy (non-hydrogen) atoms. The Kier molecular flexibility index (Phi) is 7.87. The van der Waals surface area contributed by atoms with Gasteiger partial charge in [0.2, 0.25) is 5.91 Å². The molecule has 1 atom stereocenters. The van der Waals surface area contributed by atoms with Gasteiger partial charge < -0.3 is 19.9 Å². The minimum atomic E-state index is -0.617. The van der Waals surface area contributed by atoms with Gasteiger partial charge in [-0.1, -0.05) is 46.8 Å². The summed E-state index contributed by atoms with van der Waals surface area (Å²) in [5, 5.41) is 2.91. The highest BCUT2D eigenvalue weighted by Crippen LogP contribution is 2.22. The van der Waals surface area contributed by atoms with E-state index >= 15 is 0 Å². The SMILES string of the molecule is CCOC(=O)N1CCN(C(=O)[C@@H](NC(=O)c2ccc(C(C)(C)C)cc2)C(C)C)CC1.